The van der Waals surface area contributed by atoms with Crippen molar-refractivity contribution in [1.82, 2.24) is 5.43 Å². The third kappa shape index (κ3) is 2.14. The fourth-order valence-electron chi connectivity index (χ4n) is 2.14. The second-order valence-corrected chi connectivity index (χ2v) is 6.56. The number of fused-ring (bicyclic) bond motifs is 1. The van der Waals surface area contributed by atoms with Gasteiger partial charge in [0.2, 0.25) is 0 Å². The molecule has 0 fully saturated rings. The maximum atomic E-state index is 14.1. The lowest BCUT2D eigenvalue weighted by Crippen LogP contribution is -2.29. The van der Waals surface area contributed by atoms with Gasteiger partial charge in [0.15, 0.2) is 11.6 Å². The molecule has 2 aromatic heterocycles. The zero-order valence-electron chi connectivity index (χ0n) is 10.6. The van der Waals surface area contributed by atoms with Gasteiger partial charge in [-0.3, -0.25) is 5.84 Å². The minimum Gasteiger partial charge on any atom is -0.271 e. The number of rotatable bonds is 3. The molecule has 1 atom stereocenters. The summed E-state index contributed by atoms with van der Waals surface area (Å²) in [4.78, 5) is 0.872. The quantitative estimate of drug-likeness (QED) is 0.564. The summed E-state index contributed by atoms with van der Waals surface area (Å²) in [5, 5.41) is 2.00. The minimum absolute atomic E-state index is 0.226. The van der Waals surface area contributed by atoms with Crippen LogP contribution in [0.25, 0.3) is 9.40 Å². The van der Waals surface area contributed by atoms with Gasteiger partial charge in [-0.1, -0.05) is 12.1 Å². The first kappa shape index (κ1) is 13.6. The molecule has 1 aromatic carbocycles. The first-order valence-electron chi connectivity index (χ1n) is 5.99. The molecule has 6 heteroatoms. The Morgan fingerprint density at radius 3 is 2.65 bits per heavy atom. The van der Waals surface area contributed by atoms with Crippen molar-refractivity contribution in [1.29, 1.82) is 0 Å². The number of benzene rings is 1. The summed E-state index contributed by atoms with van der Waals surface area (Å²) in [6.07, 6.45) is 0. The van der Waals surface area contributed by atoms with Crippen LogP contribution in [-0.2, 0) is 0 Å². The van der Waals surface area contributed by atoms with Crippen LogP contribution in [0, 0.1) is 18.6 Å². The third-order valence-electron chi connectivity index (χ3n) is 3.23. The van der Waals surface area contributed by atoms with Crippen molar-refractivity contribution in [2.24, 2.45) is 5.84 Å². The van der Waals surface area contributed by atoms with Gasteiger partial charge in [0.1, 0.15) is 0 Å². The largest absolute Gasteiger partial charge is 0.271 e. The molecular formula is C14H12F2N2S2. The normalized spacial score (nSPS) is 13.0. The van der Waals surface area contributed by atoms with Crippen molar-refractivity contribution in [2.45, 2.75) is 13.0 Å². The van der Waals surface area contributed by atoms with Gasteiger partial charge in [-0.25, -0.2) is 14.2 Å². The summed E-state index contributed by atoms with van der Waals surface area (Å²) in [7, 11) is 0. The highest BCUT2D eigenvalue weighted by molar-refractivity contribution is 7.27. The van der Waals surface area contributed by atoms with Gasteiger partial charge in [0, 0.05) is 19.8 Å². The molecule has 0 spiro atoms. The number of nitrogens with one attached hydrogen (secondary N) is 1. The molecule has 0 amide bonds. The number of aryl methyl sites for hydroxylation is 1. The molecule has 3 aromatic rings. The van der Waals surface area contributed by atoms with Crippen LogP contribution < -0.4 is 11.3 Å². The maximum Gasteiger partial charge on any atom is 0.164 e. The van der Waals surface area contributed by atoms with Crippen LogP contribution in [0.15, 0.2) is 29.6 Å². The Morgan fingerprint density at radius 1 is 1.15 bits per heavy atom. The second kappa shape index (κ2) is 5.21. The summed E-state index contributed by atoms with van der Waals surface area (Å²) in [5.41, 5.74) is 3.09. The molecule has 0 saturated carbocycles. The van der Waals surface area contributed by atoms with Crippen LogP contribution in [0.1, 0.15) is 22.0 Å². The third-order valence-corrected chi connectivity index (χ3v) is 5.38. The summed E-state index contributed by atoms with van der Waals surface area (Å²) in [5.74, 6) is 3.89. The monoisotopic (exact) mass is 310 g/mol. The molecule has 0 aliphatic rings. The lowest BCUT2D eigenvalue weighted by atomic mass is 10.0. The molecule has 0 radical (unpaired) electrons. The summed E-state index contributed by atoms with van der Waals surface area (Å²) < 4.78 is 30.1. The Kier molecular flexibility index (Phi) is 3.55. The predicted molar refractivity (Wildman–Crippen MR) is 80.0 cm³/mol. The van der Waals surface area contributed by atoms with E-state index < -0.39 is 17.7 Å². The van der Waals surface area contributed by atoms with E-state index in [-0.39, 0.29) is 11.1 Å². The number of hydrogen-bond donors (Lipinski definition) is 2. The number of nitrogens with two attached hydrogens (primary N) is 1. The van der Waals surface area contributed by atoms with E-state index in [1.54, 1.807) is 23.5 Å². The number of hydrogen-bond acceptors (Lipinski definition) is 4. The summed E-state index contributed by atoms with van der Waals surface area (Å²) in [6, 6.07) is 6.56. The van der Waals surface area contributed by atoms with Gasteiger partial charge in [0.05, 0.1) is 6.04 Å². The first-order valence-corrected chi connectivity index (χ1v) is 7.69. The number of halogens is 2. The SMILES string of the molecule is Cc1ccc(C(NN)c2cc3sccc3s2)c(F)c1F. The van der Waals surface area contributed by atoms with Gasteiger partial charge in [-0.2, -0.15) is 0 Å². The topological polar surface area (TPSA) is 38.0 Å². The molecule has 1 unspecified atom stereocenters. The fraction of sp³-hybridized carbons (Fsp3) is 0.143. The highest BCUT2D eigenvalue weighted by Gasteiger charge is 2.22. The van der Waals surface area contributed by atoms with Crippen LogP contribution >= 0.6 is 22.7 Å². The fourth-order valence-corrected chi connectivity index (χ4v) is 4.33. The van der Waals surface area contributed by atoms with Crippen LogP contribution in [0.3, 0.4) is 0 Å². The lowest BCUT2D eigenvalue weighted by molar-refractivity contribution is 0.480. The van der Waals surface area contributed by atoms with E-state index >= 15 is 0 Å². The molecule has 0 saturated heterocycles. The van der Waals surface area contributed by atoms with Crippen LogP contribution in [0.4, 0.5) is 8.78 Å². The lowest BCUT2D eigenvalue weighted by Gasteiger charge is -2.16. The van der Waals surface area contributed by atoms with E-state index in [0.29, 0.717) is 0 Å². The van der Waals surface area contributed by atoms with Gasteiger partial charge in [-0.05, 0) is 30.0 Å². The molecule has 3 rings (SSSR count). The van der Waals surface area contributed by atoms with Crippen LogP contribution in [0.2, 0.25) is 0 Å². The van der Waals surface area contributed by atoms with Gasteiger partial charge in [-0.15, -0.1) is 22.7 Å². The van der Waals surface area contributed by atoms with Gasteiger partial charge < -0.3 is 0 Å². The van der Waals surface area contributed by atoms with Crippen molar-refractivity contribution in [2.75, 3.05) is 0 Å². The molecule has 2 nitrogen and oxygen atoms in total. The minimum atomic E-state index is -0.843. The van der Waals surface area contributed by atoms with E-state index in [1.165, 1.54) is 18.3 Å². The number of hydrazine groups is 1. The predicted octanol–water partition coefficient (Wildman–Crippen LogP) is 4.10. The van der Waals surface area contributed by atoms with Gasteiger partial charge in [0.25, 0.3) is 0 Å². The maximum absolute atomic E-state index is 14.1. The Balaban J connectivity index is 2.10. The molecule has 0 aliphatic carbocycles. The second-order valence-electron chi connectivity index (χ2n) is 4.50. The summed E-state index contributed by atoms with van der Waals surface area (Å²) in [6.45, 7) is 1.54. The molecule has 20 heavy (non-hydrogen) atoms. The van der Waals surface area contributed by atoms with E-state index in [4.69, 9.17) is 5.84 Å². The Labute approximate surface area is 122 Å². The molecular weight excluding hydrogens is 298 g/mol. The summed E-state index contributed by atoms with van der Waals surface area (Å²) >= 11 is 3.14. The number of thiophene rings is 2. The van der Waals surface area contributed by atoms with Crippen molar-refractivity contribution in [3.8, 4) is 0 Å². The smallest absolute Gasteiger partial charge is 0.164 e. The molecule has 0 bridgehead atoms. The zero-order valence-corrected chi connectivity index (χ0v) is 12.2. The van der Waals surface area contributed by atoms with E-state index in [9.17, 15) is 8.78 Å². The van der Waals surface area contributed by atoms with E-state index in [1.807, 2.05) is 17.5 Å². The van der Waals surface area contributed by atoms with Crippen molar-refractivity contribution < 1.29 is 8.78 Å². The van der Waals surface area contributed by atoms with E-state index in [2.05, 4.69) is 5.43 Å². The molecule has 104 valence electrons. The Hall–Kier alpha value is -1.34. The van der Waals surface area contributed by atoms with Gasteiger partial charge >= 0.3 is 0 Å². The first-order chi connectivity index (χ1) is 9.61. The van der Waals surface area contributed by atoms with Crippen molar-refractivity contribution in [3.63, 3.8) is 0 Å². The van der Waals surface area contributed by atoms with Crippen LogP contribution in [-0.4, -0.2) is 0 Å². The average molecular weight is 310 g/mol. The zero-order chi connectivity index (χ0) is 14.3. The van der Waals surface area contributed by atoms with Crippen LogP contribution in [0.5, 0.6) is 0 Å². The Morgan fingerprint density at radius 2 is 1.95 bits per heavy atom. The van der Waals surface area contributed by atoms with Crippen molar-refractivity contribution >= 4 is 32.1 Å². The average Bonchev–Trinajstić information content (AvgIpc) is 3.00. The molecule has 3 N–H and O–H groups in total. The molecule has 2 heterocycles. The standard InChI is InChI=1S/C14H12F2N2S2/c1-7-2-3-8(13(16)12(7)15)14(18-17)11-6-10-9(20-11)4-5-19-10/h2-6,14,18H,17H2,1H3. The molecule has 0 aliphatic heterocycles. The highest BCUT2D eigenvalue weighted by Crippen LogP contribution is 2.36. The van der Waals surface area contributed by atoms with E-state index in [0.717, 1.165) is 14.3 Å². The Bertz CT molecular complexity index is 735. The van der Waals surface area contributed by atoms with Crippen molar-refractivity contribution in [3.05, 3.63) is 57.3 Å². The highest BCUT2D eigenvalue weighted by atomic mass is 32.1.